The molecule has 0 radical (unpaired) electrons. The van der Waals surface area contributed by atoms with Crippen molar-refractivity contribution in [1.82, 2.24) is 5.43 Å². The number of phenolic OH excluding ortho intramolecular Hbond substituents is 2. The molecule has 0 spiro atoms. The molecule has 0 atom stereocenters. The van der Waals surface area contributed by atoms with Crippen molar-refractivity contribution in [3.8, 4) is 28.4 Å². The predicted molar refractivity (Wildman–Crippen MR) is 111 cm³/mol. The average Bonchev–Trinajstić information content (AvgIpc) is 2.71. The second-order valence-corrected chi connectivity index (χ2v) is 6.69. The molecule has 142 valence electrons. The van der Waals surface area contributed by atoms with E-state index in [1.807, 2.05) is 42.5 Å². The minimum Gasteiger partial charge on any atom is -0.507 e. The van der Waals surface area contributed by atoms with Gasteiger partial charge in [-0.1, -0.05) is 42.5 Å². The number of amides is 1. The monoisotopic (exact) mass is 440 g/mol. The maximum Gasteiger partial charge on any atom is 0.277 e. The Kier molecular flexibility index (Phi) is 6.29. The number of phenols is 2. The lowest BCUT2D eigenvalue weighted by atomic mass is 10.1. The Labute approximate surface area is 170 Å². The maximum absolute atomic E-state index is 11.8. The van der Waals surface area contributed by atoms with E-state index in [0.29, 0.717) is 15.8 Å². The van der Waals surface area contributed by atoms with Crippen molar-refractivity contribution in [3.05, 3.63) is 76.8 Å². The van der Waals surface area contributed by atoms with Crippen molar-refractivity contribution in [3.63, 3.8) is 0 Å². The van der Waals surface area contributed by atoms with Crippen molar-refractivity contribution in [2.45, 2.75) is 0 Å². The van der Waals surface area contributed by atoms with E-state index in [1.54, 1.807) is 12.1 Å². The summed E-state index contributed by atoms with van der Waals surface area (Å²) >= 11 is 3.14. The van der Waals surface area contributed by atoms with Gasteiger partial charge in [0.1, 0.15) is 17.2 Å². The first-order chi connectivity index (χ1) is 13.5. The maximum atomic E-state index is 11.8. The average molecular weight is 441 g/mol. The van der Waals surface area contributed by atoms with Gasteiger partial charge in [-0.3, -0.25) is 4.79 Å². The summed E-state index contributed by atoms with van der Waals surface area (Å²) in [7, 11) is 0. The van der Waals surface area contributed by atoms with Crippen LogP contribution >= 0.6 is 15.9 Å². The van der Waals surface area contributed by atoms with Gasteiger partial charge < -0.3 is 14.9 Å². The van der Waals surface area contributed by atoms with Crippen LogP contribution < -0.4 is 10.2 Å². The number of aromatic hydroxyl groups is 2. The highest BCUT2D eigenvalue weighted by Gasteiger charge is 2.06. The van der Waals surface area contributed by atoms with Crippen molar-refractivity contribution >= 4 is 28.1 Å². The summed E-state index contributed by atoms with van der Waals surface area (Å²) in [5.74, 6) is -0.126. The van der Waals surface area contributed by atoms with Gasteiger partial charge in [-0.05, 0) is 45.3 Å². The summed E-state index contributed by atoms with van der Waals surface area (Å²) in [5.41, 5.74) is 4.81. The molecule has 0 saturated carbocycles. The normalized spacial score (nSPS) is 10.8. The van der Waals surface area contributed by atoms with Gasteiger partial charge in [-0.25, -0.2) is 5.43 Å². The Morgan fingerprint density at radius 1 is 1.00 bits per heavy atom. The molecule has 3 N–H and O–H groups in total. The van der Waals surface area contributed by atoms with E-state index in [2.05, 4.69) is 26.5 Å². The quantitative estimate of drug-likeness (QED) is 0.398. The van der Waals surface area contributed by atoms with Crippen LogP contribution in [0.5, 0.6) is 17.2 Å². The van der Waals surface area contributed by atoms with Gasteiger partial charge >= 0.3 is 0 Å². The van der Waals surface area contributed by atoms with Crippen molar-refractivity contribution in [2.75, 3.05) is 6.61 Å². The van der Waals surface area contributed by atoms with Crippen LogP contribution in [0, 0.1) is 0 Å². The second kappa shape index (κ2) is 9.05. The third-order valence-corrected chi connectivity index (χ3v) is 4.46. The Bertz CT molecular complexity index is 989. The molecule has 0 bridgehead atoms. The summed E-state index contributed by atoms with van der Waals surface area (Å²) in [5, 5.41) is 23.0. The molecule has 0 unspecified atom stereocenters. The number of carbonyl (C=O) groups is 1. The van der Waals surface area contributed by atoms with Crippen LogP contribution in [0.1, 0.15) is 5.56 Å². The van der Waals surface area contributed by atoms with E-state index in [4.69, 9.17) is 4.74 Å². The van der Waals surface area contributed by atoms with Crippen LogP contribution in [0.2, 0.25) is 0 Å². The molecule has 6 nitrogen and oxygen atoms in total. The van der Waals surface area contributed by atoms with Gasteiger partial charge in [0, 0.05) is 11.6 Å². The van der Waals surface area contributed by atoms with Crippen LogP contribution in [0.4, 0.5) is 0 Å². The molecule has 28 heavy (non-hydrogen) atoms. The van der Waals surface area contributed by atoms with Gasteiger partial charge in [0.15, 0.2) is 6.61 Å². The molecule has 7 heteroatoms. The van der Waals surface area contributed by atoms with Gasteiger partial charge in [-0.2, -0.15) is 5.10 Å². The van der Waals surface area contributed by atoms with Gasteiger partial charge in [0.2, 0.25) is 0 Å². The SMILES string of the molecule is O=C(COc1ccc(-c2ccccc2)cc1)NN=Cc1cc(Br)c(O)cc1O. The first kappa shape index (κ1) is 19.4. The highest BCUT2D eigenvalue weighted by molar-refractivity contribution is 9.10. The Hall–Kier alpha value is -3.32. The molecule has 3 aromatic rings. The molecule has 3 aromatic carbocycles. The fourth-order valence-corrected chi connectivity index (χ4v) is 2.76. The molecular formula is C21H17BrN2O4. The summed E-state index contributed by atoms with van der Waals surface area (Å²) in [6.07, 6.45) is 1.27. The highest BCUT2D eigenvalue weighted by atomic mass is 79.9. The van der Waals surface area contributed by atoms with Crippen molar-refractivity contribution < 1.29 is 19.7 Å². The van der Waals surface area contributed by atoms with E-state index in [9.17, 15) is 15.0 Å². The number of ether oxygens (including phenoxy) is 1. The smallest absolute Gasteiger partial charge is 0.277 e. The molecule has 0 aliphatic heterocycles. The molecule has 0 saturated heterocycles. The third kappa shape index (κ3) is 5.11. The molecule has 0 fully saturated rings. The van der Waals surface area contributed by atoms with Crippen molar-refractivity contribution in [1.29, 1.82) is 0 Å². The topological polar surface area (TPSA) is 91.2 Å². The van der Waals surface area contributed by atoms with Gasteiger partial charge in [-0.15, -0.1) is 0 Å². The summed E-state index contributed by atoms with van der Waals surface area (Å²) in [6, 6.07) is 20.0. The number of nitrogens with one attached hydrogen (secondary N) is 1. The van der Waals surface area contributed by atoms with E-state index >= 15 is 0 Å². The molecule has 0 aromatic heterocycles. The lowest BCUT2D eigenvalue weighted by Crippen LogP contribution is -2.24. The van der Waals surface area contributed by atoms with Crippen LogP contribution in [-0.4, -0.2) is 28.9 Å². The van der Waals surface area contributed by atoms with Gasteiger partial charge in [0.25, 0.3) is 5.91 Å². The standard InChI is InChI=1S/C21H17BrN2O4/c22-18-10-16(19(25)11-20(18)26)12-23-24-21(27)13-28-17-8-6-15(7-9-17)14-4-2-1-3-5-14/h1-12,25-26H,13H2,(H,24,27). The van der Waals surface area contributed by atoms with Crippen LogP contribution in [0.15, 0.2) is 76.3 Å². The van der Waals surface area contributed by atoms with Crippen LogP contribution in [-0.2, 0) is 4.79 Å². The van der Waals surface area contributed by atoms with E-state index < -0.39 is 5.91 Å². The zero-order chi connectivity index (χ0) is 19.9. The third-order valence-electron chi connectivity index (χ3n) is 3.82. The zero-order valence-corrected chi connectivity index (χ0v) is 16.3. The van der Waals surface area contributed by atoms with Crippen LogP contribution in [0.25, 0.3) is 11.1 Å². The van der Waals surface area contributed by atoms with Crippen LogP contribution in [0.3, 0.4) is 0 Å². The highest BCUT2D eigenvalue weighted by Crippen LogP contribution is 2.30. The predicted octanol–water partition coefficient (Wildman–Crippen LogP) is 4.06. The number of hydrogen-bond donors (Lipinski definition) is 3. The minimum atomic E-state index is -0.444. The number of rotatable bonds is 6. The largest absolute Gasteiger partial charge is 0.507 e. The second-order valence-electron chi connectivity index (χ2n) is 5.83. The number of hydrogen-bond acceptors (Lipinski definition) is 5. The molecule has 0 aliphatic rings. The first-order valence-corrected chi connectivity index (χ1v) is 9.14. The molecular weight excluding hydrogens is 424 g/mol. The zero-order valence-electron chi connectivity index (χ0n) is 14.7. The van der Waals surface area contributed by atoms with E-state index in [-0.39, 0.29) is 18.1 Å². The molecule has 0 heterocycles. The summed E-state index contributed by atoms with van der Waals surface area (Å²) in [4.78, 5) is 11.8. The number of halogens is 1. The number of carbonyl (C=O) groups excluding carboxylic acids is 1. The molecule has 1 amide bonds. The Balaban J connectivity index is 1.51. The molecule has 3 rings (SSSR count). The molecule has 0 aliphatic carbocycles. The minimum absolute atomic E-state index is 0.0923. The summed E-state index contributed by atoms with van der Waals surface area (Å²) < 4.78 is 5.85. The Morgan fingerprint density at radius 2 is 1.68 bits per heavy atom. The summed E-state index contributed by atoms with van der Waals surface area (Å²) in [6.45, 7) is -0.201. The van der Waals surface area contributed by atoms with E-state index in [1.165, 1.54) is 18.3 Å². The number of benzene rings is 3. The number of nitrogens with zero attached hydrogens (tertiary/aromatic N) is 1. The fraction of sp³-hybridized carbons (Fsp3) is 0.0476. The lowest BCUT2D eigenvalue weighted by molar-refractivity contribution is -0.123. The first-order valence-electron chi connectivity index (χ1n) is 8.34. The fourth-order valence-electron chi connectivity index (χ4n) is 2.40. The van der Waals surface area contributed by atoms with E-state index in [0.717, 1.165) is 11.1 Å². The lowest BCUT2D eigenvalue weighted by Gasteiger charge is -2.07. The Morgan fingerprint density at radius 3 is 2.39 bits per heavy atom. The van der Waals surface area contributed by atoms with Crippen molar-refractivity contribution in [2.24, 2.45) is 5.10 Å². The number of hydrazone groups is 1. The van der Waals surface area contributed by atoms with Gasteiger partial charge in [0.05, 0.1) is 10.7 Å².